The van der Waals surface area contributed by atoms with Gasteiger partial charge in [-0.15, -0.1) is 10.2 Å². The average Bonchev–Trinajstić information content (AvgIpc) is 2.97. The SMILES string of the molecule is COC(=O)c1cccc(NC(=O)c2nnc(C(C)C)o2)c1. The minimum absolute atomic E-state index is 0.0432. The lowest BCUT2D eigenvalue weighted by atomic mass is 10.2. The lowest BCUT2D eigenvalue weighted by Crippen LogP contribution is -2.13. The van der Waals surface area contributed by atoms with Crippen molar-refractivity contribution in [1.29, 1.82) is 0 Å². The molecule has 0 spiro atoms. The van der Waals surface area contributed by atoms with Crippen LogP contribution in [0.4, 0.5) is 5.69 Å². The maximum atomic E-state index is 12.0. The molecule has 21 heavy (non-hydrogen) atoms. The first-order chi connectivity index (χ1) is 10.0. The van der Waals surface area contributed by atoms with Gasteiger partial charge < -0.3 is 14.5 Å². The highest BCUT2D eigenvalue weighted by Crippen LogP contribution is 2.15. The highest BCUT2D eigenvalue weighted by molar-refractivity contribution is 6.01. The molecule has 1 amide bonds. The van der Waals surface area contributed by atoms with Gasteiger partial charge in [0.25, 0.3) is 0 Å². The molecule has 0 saturated carbocycles. The van der Waals surface area contributed by atoms with E-state index in [1.807, 2.05) is 13.8 Å². The Morgan fingerprint density at radius 2 is 2.05 bits per heavy atom. The van der Waals surface area contributed by atoms with Gasteiger partial charge in [0.15, 0.2) is 0 Å². The maximum absolute atomic E-state index is 12.0. The molecular formula is C14H15N3O4. The van der Waals surface area contributed by atoms with Gasteiger partial charge >= 0.3 is 17.8 Å². The number of amides is 1. The summed E-state index contributed by atoms with van der Waals surface area (Å²) in [4.78, 5) is 23.4. The molecule has 2 rings (SSSR count). The van der Waals surface area contributed by atoms with Crippen LogP contribution >= 0.6 is 0 Å². The topological polar surface area (TPSA) is 94.3 Å². The van der Waals surface area contributed by atoms with Gasteiger partial charge in [-0.3, -0.25) is 4.79 Å². The lowest BCUT2D eigenvalue weighted by molar-refractivity contribution is 0.0600. The van der Waals surface area contributed by atoms with Crippen LogP contribution in [0.1, 0.15) is 46.7 Å². The molecule has 1 heterocycles. The molecule has 1 aromatic carbocycles. The third-order valence-corrected chi connectivity index (χ3v) is 2.67. The summed E-state index contributed by atoms with van der Waals surface area (Å²) in [6, 6.07) is 6.37. The fourth-order valence-electron chi connectivity index (χ4n) is 1.59. The largest absolute Gasteiger partial charge is 0.465 e. The predicted octanol–water partition coefficient (Wildman–Crippen LogP) is 2.23. The van der Waals surface area contributed by atoms with E-state index in [1.54, 1.807) is 18.2 Å². The van der Waals surface area contributed by atoms with Crippen LogP contribution in [0, 0.1) is 0 Å². The van der Waals surface area contributed by atoms with Crippen molar-refractivity contribution < 1.29 is 18.7 Å². The first-order valence-electron chi connectivity index (χ1n) is 6.34. The number of ether oxygens (including phenoxy) is 1. The van der Waals surface area contributed by atoms with Crippen molar-refractivity contribution in [2.24, 2.45) is 0 Å². The van der Waals surface area contributed by atoms with Crippen LogP contribution in [0.3, 0.4) is 0 Å². The van der Waals surface area contributed by atoms with Crippen molar-refractivity contribution >= 4 is 17.6 Å². The number of nitrogens with one attached hydrogen (secondary N) is 1. The Kier molecular flexibility index (Phi) is 4.32. The van der Waals surface area contributed by atoms with Crippen LogP contribution in [-0.2, 0) is 4.74 Å². The van der Waals surface area contributed by atoms with Crippen molar-refractivity contribution in [1.82, 2.24) is 10.2 Å². The second kappa shape index (κ2) is 6.17. The highest BCUT2D eigenvalue weighted by atomic mass is 16.5. The van der Waals surface area contributed by atoms with Gasteiger partial charge in [0.05, 0.1) is 12.7 Å². The minimum Gasteiger partial charge on any atom is -0.465 e. The van der Waals surface area contributed by atoms with Gasteiger partial charge in [-0.25, -0.2) is 4.79 Å². The molecule has 0 unspecified atom stereocenters. The van der Waals surface area contributed by atoms with E-state index < -0.39 is 11.9 Å². The third kappa shape index (κ3) is 3.44. The molecule has 1 aromatic heterocycles. The Labute approximate surface area is 121 Å². The number of aromatic nitrogens is 2. The van der Waals surface area contributed by atoms with Crippen molar-refractivity contribution in [2.75, 3.05) is 12.4 Å². The van der Waals surface area contributed by atoms with Crippen LogP contribution in [0.25, 0.3) is 0 Å². The lowest BCUT2D eigenvalue weighted by Gasteiger charge is -2.04. The fraction of sp³-hybridized carbons (Fsp3) is 0.286. The molecule has 0 radical (unpaired) electrons. The van der Waals surface area contributed by atoms with E-state index in [0.717, 1.165) is 0 Å². The van der Waals surface area contributed by atoms with Gasteiger partial charge in [-0.05, 0) is 18.2 Å². The first-order valence-corrected chi connectivity index (χ1v) is 6.34. The number of hydrogen-bond acceptors (Lipinski definition) is 6. The number of benzene rings is 1. The third-order valence-electron chi connectivity index (χ3n) is 2.67. The van der Waals surface area contributed by atoms with Crippen LogP contribution in [0.5, 0.6) is 0 Å². The van der Waals surface area contributed by atoms with Crippen molar-refractivity contribution in [3.05, 3.63) is 41.6 Å². The average molecular weight is 289 g/mol. The number of nitrogens with zero attached hydrogens (tertiary/aromatic N) is 2. The van der Waals surface area contributed by atoms with Crippen molar-refractivity contribution in [3.8, 4) is 0 Å². The first kappa shape index (κ1) is 14.7. The van der Waals surface area contributed by atoms with Crippen LogP contribution < -0.4 is 5.32 Å². The number of hydrogen-bond donors (Lipinski definition) is 1. The van der Waals surface area contributed by atoms with E-state index in [0.29, 0.717) is 17.1 Å². The molecule has 0 saturated heterocycles. The molecule has 0 aliphatic rings. The summed E-state index contributed by atoms with van der Waals surface area (Å²) in [5.74, 6) is -0.699. The zero-order chi connectivity index (χ0) is 15.4. The number of anilines is 1. The minimum atomic E-state index is -0.531. The molecule has 0 atom stereocenters. The second-order valence-electron chi connectivity index (χ2n) is 4.63. The summed E-state index contributed by atoms with van der Waals surface area (Å²) in [5, 5.41) is 10.1. The van der Waals surface area contributed by atoms with Gasteiger partial charge in [-0.1, -0.05) is 19.9 Å². The van der Waals surface area contributed by atoms with Gasteiger partial charge in [0.2, 0.25) is 5.89 Å². The van der Waals surface area contributed by atoms with E-state index in [-0.39, 0.29) is 11.8 Å². The maximum Gasteiger partial charge on any atom is 0.337 e. The van der Waals surface area contributed by atoms with E-state index in [2.05, 4.69) is 20.3 Å². The summed E-state index contributed by atoms with van der Waals surface area (Å²) < 4.78 is 9.87. The Morgan fingerprint density at radius 3 is 2.67 bits per heavy atom. The van der Waals surface area contributed by atoms with Gasteiger partial charge in [-0.2, -0.15) is 0 Å². The Hall–Kier alpha value is -2.70. The molecule has 0 bridgehead atoms. The smallest absolute Gasteiger partial charge is 0.337 e. The normalized spacial score (nSPS) is 10.5. The molecular weight excluding hydrogens is 274 g/mol. The Morgan fingerprint density at radius 1 is 1.29 bits per heavy atom. The molecule has 7 heteroatoms. The zero-order valence-electron chi connectivity index (χ0n) is 11.9. The number of rotatable bonds is 4. The molecule has 0 aliphatic heterocycles. The van der Waals surface area contributed by atoms with Crippen molar-refractivity contribution in [2.45, 2.75) is 19.8 Å². The summed E-state index contributed by atoms with van der Waals surface area (Å²) in [7, 11) is 1.29. The predicted molar refractivity (Wildman–Crippen MR) is 74.1 cm³/mol. The quantitative estimate of drug-likeness (QED) is 0.867. The van der Waals surface area contributed by atoms with Crippen molar-refractivity contribution in [3.63, 3.8) is 0 Å². The molecule has 110 valence electrons. The summed E-state index contributed by atoms with van der Waals surface area (Å²) in [5.41, 5.74) is 0.774. The van der Waals surface area contributed by atoms with Crippen LogP contribution in [0.15, 0.2) is 28.7 Å². The van der Waals surface area contributed by atoms with Gasteiger partial charge in [0.1, 0.15) is 0 Å². The summed E-state index contributed by atoms with van der Waals surface area (Å²) in [6.07, 6.45) is 0. The van der Waals surface area contributed by atoms with Crippen LogP contribution in [0.2, 0.25) is 0 Å². The summed E-state index contributed by atoms with van der Waals surface area (Å²) in [6.45, 7) is 3.77. The number of esters is 1. The number of methoxy groups -OCH3 is 1. The fourth-order valence-corrected chi connectivity index (χ4v) is 1.59. The van der Waals surface area contributed by atoms with E-state index in [4.69, 9.17) is 4.42 Å². The number of carbonyl (C=O) groups excluding carboxylic acids is 2. The summed E-state index contributed by atoms with van der Waals surface area (Å²) >= 11 is 0. The highest BCUT2D eigenvalue weighted by Gasteiger charge is 2.17. The molecule has 0 fully saturated rings. The zero-order valence-corrected chi connectivity index (χ0v) is 11.9. The Bertz CT molecular complexity index is 664. The van der Waals surface area contributed by atoms with Crippen LogP contribution in [-0.4, -0.2) is 29.2 Å². The second-order valence-corrected chi connectivity index (χ2v) is 4.63. The monoisotopic (exact) mass is 289 g/mol. The standard InChI is InChI=1S/C14H15N3O4/c1-8(2)12-16-17-13(21-12)11(18)15-10-6-4-5-9(7-10)14(19)20-3/h4-8H,1-3H3,(H,15,18). The van der Waals surface area contributed by atoms with E-state index in [9.17, 15) is 9.59 Å². The molecule has 7 nitrogen and oxygen atoms in total. The van der Waals surface area contributed by atoms with E-state index in [1.165, 1.54) is 13.2 Å². The molecule has 1 N–H and O–H groups in total. The molecule has 0 aliphatic carbocycles. The molecule has 2 aromatic rings. The van der Waals surface area contributed by atoms with E-state index >= 15 is 0 Å². The number of carbonyl (C=O) groups is 2. The Balaban J connectivity index is 2.13. The van der Waals surface area contributed by atoms with Gasteiger partial charge in [0, 0.05) is 11.6 Å².